The van der Waals surface area contributed by atoms with Crippen LogP contribution in [0.2, 0.25) is 0 Å². The number of amides is 1. The highest BCUT2D eigenvalue weighted by atomic mass is 32.2. The van der Waals surface area contributed by atoms with Crippen molar-refractivity contribution in [2.24, 2.45) is 10.1 Å². The van der Waals surface area contributed by atoms with Crippen LogP contribution >= 0.6 is 0 Å². The first kappa shape index (κ1) is 21.2. The summed E-state index contributed by atoms with van der Waals surface area (Å²) in [4.78, 5) is 13.7. The summed E-state index contributed by atoms with van der Waals surface area (Å²) in [5.74, 6) is 0.216. The molecule has 4 N–H and O–H groups in total. The molecule has 3 rings (SSSR count). The molecular weight excluding hydrogens is 396 g/mol. The van der Waals surface area contributed by atoms with Crippen molar-refractivity contribution in [3.63, 3.8) is 0 Å². The summed E-state index contributed by atoms with van der Waals surface area (Å²) in [6, 6.07) is 4.91. The number of hydrogen-bond acceptors (Lipinski definition) is 5. The summed E-state index contributed by atoms with van der Waals surface area (Å²) in [5, 5.41) is 9.97. The highest BCUT2D eigenvalue weighted by molar-refractivity contribution is 7.91. The van der Waals surface area contributed by atoms with Crippen LogP contribution in [0.4, 0.5) is 10.5 Å². The van der Waals surface area contributed by atoms with Gasteiger partial charge in [-0.3, -0.25) is 9.62 Å². The fourth-order valence-electron chi connectivity index (χ4n) is 4.39. The third-order valence-corrected chi connectivity index (χ3v) is 6.27. The molecule has 1 amide bonds. The normalized spacial score (nSPS) is 20.0. The van der Waals surface area contributed by atoms with E-state index in [0.717, 1.165) is 19.3 Å². The van der Waals surface area contributed by atoms with Crippen molar-refractivity contribution in [3.05, 3.63) is 23.8 Å². The van der Waals surface area contributed by atoms with Gasteiger partial charge in [-0.1, -0.05) is 25.3 Å². The molecule has 1 aliphatic heterocycles. The van der Waals surface area contributed by atoms with Crippen molar-refractivity contribution < 1.29 is 23.1 Å². The quantitative estimate of drug-likeness (QED) is 0.680. The van der Waals surface area contributed by atoms with Gasteiger partial charge >= 0.3 is 16.3 Å². The van der Waals surface area contributed by atoms with Crippen LogP contribution in [0.3, 0.4) is 0 Å². The molecule has 9 nitrogen and oxygen atoms in total. The number of rotatable bonds is 4. The lowest BCUT2D eigenvalue weighted by molar-refractivity contribution is -0.0300. The Kier molecular flexibility index (Phi) is 5.42. The van der Waals surface area contributed by atoms with Gasteiger partial charge in [0.15, 0.2) is 5.84 Å². The lowest BCUT2D eigenvalue weighted by Crippen LogP contribution is -2.62. The van der Waals surface area contributed by atoms with E-state index in [1.165, 1.54) is 4.90 Å². The van der Waals surface area contributed by atoms with Crippen LogP contribution in [0.5, 0.6) is 5.75 Å². The smallest absolute Gasteiger partial charge is 0.408 e. The van der Waals surface area contributed by atoms with Crippen molar-refractivity contribution in [2.45, 2.75) is 64.0 Å². The number of nitrogens with one attached hydrogen (secondary N) is 1. The second-order valence-corrected chi connectivity index (χ2v) is 9.93. The molecule has 0 radical (unpaired) electrons. The minimum atomic E-state index is -3.88. The lowest BCUT2D eigenvalue weighted by Gasteiger charge is -2.50. The average Bonchev–Trinajstić information content (AvgIpc) is 2.57. The highest BCUT2D eigenvalue weighted by Gasteiger charge is 2.47. The fraction of sp³-hybridized carbons (Fsp3) is 0.579. The Labute approximate surface area is 171 Å². The van der Waals surface area contributed by atoms with Crippen LogP contribution in [0.25, 0.3) is 0 Å². The van der Waals surface area contributed by atoms with Gasteiger partial charge in [-0.2, -0.15) is 8.42 Å². The number of carboxylic acid groups (broad SMARTS) is 1. The molecule has 0 atom stereocenters. The van der Waals surface area contributed by atoms with E-state index in [9.17, 15) is 18.3 Å². The van der Waals surface area contributed by atoms with Crippen LogP contribution < -0.4 is 15.2 Å². The zero-order valence-electron chi connectivity index (χ0n) is 16.9. The summed E-state index contributed by atoms with van der Waals surface area (Å²) in [6.45, 7) is 5.77. The van der Waals surface area contributed by atoms with E-state index < -0.39 is 27.4 Å². The molecule has 1 aromatic rings. The van der Waals surface area contributed by atoms with Crippen LogP contribution in [-0.2, 0) is 10.2 Å². The molecule has 10 heteroatoms. The second-order valence-electron chi connectivity index (χ2n) is 8.59. The number of amidine groups is 1. The Bertz CT molecular complexity index is 930. The number of ether oxygens (including phenoxy) is 1. The Balaban J connectivity index is 1.95. The summed E-state index contributed by atoms with van der Waals surface area (Å²) >= 11 is 0. The van der Waals surface area contributed by atoms with Crippen molar-refractivity contribution in [1.82, 2.24) is 4.90 Å². The van der Waals surface area contributed by atoms with Crippen molar-refractivity contribution in [1.29, 1.82) is 0 Å². The summed E-state index contributed by atoms with van der Waals surface area (Å²) in [7, 11) is -3.88. The predicted octanol–water partition coefficient (Wildman–Crippen LogP) is 2.92. The number of benzene rings is 1. The fourth-order valence-corrected chi connectivity index (χ4v) is 5.24. The van der Waals surface area contributed by atoms with Crippen LogP contribution in [0, 0.1) is 0 Å². The van der Waals surface area contributed by atoms with E-state index in [1.54, 1.807) is 18.2 Å². The number of nitrogens with two attached hydrogens (primary N) is 1. The Morgan fingerprint density at radius 1 is 1.31 bits per heavy atom. The van der Waals surface area contributed by atoms with E-state index in [4.69, 9.17) is 10.5 Å². The van der Waals surface area contributed by atoms with Gasteiger partial charge < -0.3 is 15.6 Å². The van der Waals surface area contributed by atoms with Crippen molar-refractivity contribution >= 4 is 27.8 Å². The van der Waals surface area contributed by atoms with Crippen LogP contribution in [0.15, 0.2) is 22.6 Å². The topological polar surface area (TPSA) is 134 Å². The van der Waals surface area contributed by atoms with E-state index in [2.05, 4.69) is 9.12 Å². The molecule has 29 heavy (non-hydrogen) atoms. The minimum absolute atomic E-state index is 0.146. The first-order chi connectivity index (χ1) is 13.5. The van der Waals surface area contributed by atoms with Crippen molar-refractivity contribution in [2.75, 3.05) is 11.3 Å². The number of hydrogen-bond donors (Lipinski definition) is 3. The average molecular weight is 425 g/mol. The van der Waals surface area contributed by atoms with Gasteiger partial charge in [0.25, 0.3) is 0 Å². The van der Waals surface area contributed by atoms with Gasteiger partial charge in [-0.15, -0.1) is 4.40 Å². The summed E-state index contributed by atoms with van der Waals surface area (Å²) in [6.07, 6.45) is 3.30. The van der Waals surface area contributed by atoms with Crippen LogP contribution in [-0.4, -0.2) is 48.0 Å². The molecule has 1 heterocycles. The van der Waals surface area contributed by atoms with Crippen LogP contribution in [0.1, 0.15) is 58.4 Å². The monoisotopic (exact) mass is 424 g/mol. The van der Waals surface area contributed by atoms with Crippen molar-refractivity contribution in [3.8, 4) is 5.75 Å². The zero-order valence-corrected chi connectivity index (χ0v) is 17.8. The van der Waals surface area contributed by atoms with E-state index in [0.29, 0.717) is 29.8 Å². The predicted molar refractivity (Wildman–Crippen MR) is 111 cm³/mol. The number of anilines is 1. The number of nitrogens with zero attached hydrogens (tertiary/aromatic N) is 2. The highest BCUT2D eigenvalue weighted by Crippen LogP contribution is 2.39. The maximum atomic E-state index is 12.2. The molecule has 0 bridgehead atoms. The van der Waals surface area contributed by atoms with E-state index in [-0.39, 0.29) is 12.4 Å². The third-order valence-electron chi connectivity index (χ3n) is 5.36. The van der Waals surface area contributed by atoms with Gasteiger partial charge in [-0.05, 0) is 45.7 Å². The minimum Gasteiger partial charge on any atom is -0.490 e. The molecule has 1 aromatic carbocycles. The molecule has 0 aromatic heterocycles. The standard InChI is InChI=1S/C19H28N4O5S/c1-18(2,3)23(17(24)25)19(10-5-4-6-11-19)12-28-14-9-7-8-13-15(14)16(20)22-29(26,27)21-13/h7-9,21H,4-6,10-12H2,1-3H3,(H2,20,22)(H,24,25). The molecule has 1 saturated carbocycles. The maximum Gasteiger partial charge on any atom is 0.408 e. The molecule has 160 valence electrons. The Hall–Kier alpha value is -2.49. The lowest BCUT2D eigenvalue weighted by atomic mass is 9.78. The first-order valence-corrected chi connectivity index (χ1v) is 11.1. The van der Waals surface area contributed by atoms with E-state index >= 15 is 0 Å². The molecule has 0 unspecified atom stereocenters. The Morgan fingerprint density at radius 3 is 2.55 bits per heavy atom. The molecule has 2 aliphatic rings. The van der Waals surface area contributed by atoms with Gasteiger partial charge in [0, 0.05) is 5.54 Å². The first-order valence-electron chi connectivity index (χ1n) is 9.63. The maximum absolute atomic E-state index is 12.2. The van der Waals surface area contributed by atoms with E-state index in [1.807, 2.05) is 20.8 Å². The largest absolute Gasteiger partial charge is 0.490 e. The third kappa shape index (κ3) is 4.26. The zero-order chi connectivity index (χ0) is 21.4. The number of carbonyl (C=O) groups is 1. The summed E-state index contributed by atoms with van der Waals surface area (Å²) < 4.78 is 35.5. The molecule has 1 fully saturated rings. The second kappa shape index (κ2) is 7.40. The summed E-state index contributed by atoms with van der Waals surface area (Å²) in [5.41, 5.74) is 5.27. The molecule has 0 spiro atoms. The van der Waals surface area contributed by atoms with Gasteiger partial charge in [0.1, 0.15) is 12.4 Å². The van der Waals surface area contributed by atoms with Gasteiger partial charge in [0.05, 0.1) is 16.8 Å². The Morgan fingerprint density at radius 2 is 1.97 bits per heavy atom. The van der Waals surface area contributed by atoms with Gasteiger partial charge in [-0.25, -0.2) is 4.79 Å². The number of fused-ring (bicyclic) bond motifs is 1. The van der Waals surface area contributed by atoms with Gasteiger partial charge in [0.2, 0.25) is 0 Å². The molecule has 1 aliphatic carbocycles. The molecule has 0 saturated heterocycles. The SMILES string of the molecule is CC(C)(C)N(C(=O)O)C1(COc2cccc3c2C(N)=NS(=O)(=O)N3)CCCCC1. The molecular formula is C19H28N4O5S.